The fraction of sp³-hybridized carbons (Fsp3) is 0.562. The summed E-state index contributed by atoms with van der Waals surface area (Å²) in [5, 5.41) is 3.11. The largest absolute Gasteiger partial charge is 0.462 e. The third-order valence-corrected chi connectivity index (χ3v) is 5.86. The van der Waals surface area contributed by atoms with Gasteiger partial charge in [0.2, 0.25) is 10.0 Å². The van der Waals surface area contributed by atoms with Gasteiger partial charge in [0.25, 0.3) is 0 Å². The SMILES string of the molecule is CCOC(=O)c1ccc(S(=O)(=O)N2CCCC(CNC)C2)cc1. The van der Waals surface area contributed by atoms with Gasteiger partial charge in [0.1, 0.15) is 0 Å². The fourth-order valence-electron chi connectivity index (χ4n) is 2.83. The summed E-state index contributed by atoms with van der Waals surface area (Å²) < 4.78 is 31.9. The Morgan fingerprint density at radius 2 is 2.04 bits per heavy atom. The number of nitrogens with one attached hydrogen (secondary N) is 1. The van der Waals surface area contributed by atoms with E-state index in [2.05, 4.69) is 5.32 Å². The molecule has 0 amide bonds. The molecule has 0 radical (unpaired) electrons. The summed E-state index contributed by atoms with van der Waals surface area (Å²) in [7, 11) is -1.64. The summed E-state index contributed by atoms with van der Waals surface area (Å²) in [5.74, 6) is -0.106. The first-order valence-electron chi connectivity index (χ1n) is 7.91. The van der Waals surface area contributed by atoms with Crippen molar-refractivity contribution in [1.29, 1.82) is 0 Å². The first-order chi connectivity index (χ1) is 11.0. The molecule has 1 fully saturated rings. The van der Waals surface area contributed by atoms with Crippen LogP contribution in [0.1, 0.15) is 30.1 Å². The molecule has 7 heteroatoms. The van der Waals surface area contributed by atoms with Crippen molar-refractivity contribution in [2.75, 3.05) is 33.3 Å². The van der Waals surface area contributed by atoms with E-state index in [1.54, 1.807) is 6.92 Å². The van der Waals surface area contributed by atoms with E-state index in [0.717, 1.165) is 19.4 Å². The van der Waals surface area contributed by atoms with E-state index in [9.17, 15) is 13.2 Å². The van der Waals surface area contributed by atoms with Crippen LogP contribution >= 0.6 is 0 Å². The zero-order valence-electron chi connectivity index (χ0n) is 13.6. The predicted molar refractivity (Wildman–Crippen MR) is 87.8 cm³/mol. The lowest BCUT2D eigenvalue weighted by atomic mass is 10.00. The van der Waals surface area contributed by atoms with Gasteiger partial charge in [-0.15, -0.1) is 0 Å². The van der Waals surface area contributed by atoms with Crippen LogP contribution < -0.4 is 5.32 Å². The molecule has 1 N–H and O–H groups in total. The molecular formula is C16H24N2O4S. The molecule has 2 rings (SSSR count). The van der Waals surface area contributed by atoms with Gasteiger partial charge in [0, 0.05) is 13.1 Å². The van der Waals surface area contributed by atoms with E-state index in [1.807, 2.05) is 7.05 Å². The van der Waals surface area contributed by atoms with E-state index >= 15 is 0 Å². The van der Waals surface area contributed by atoms with Gasteiger partial charge in [-0.25, -0.2) is 13.2 Å². The van der Waals surface area contributed by atoms with E-state index < -0.39 is 16.0 Å². The van der Waals surface area contributed by atoms with Crippen molar-refractivity contribution in [3.8, 4) is 0 Å². The first kappa shape index (κ1) is 17.9. The third-order valence-electron chi connectivity index (χ3n) is 3.98. The summed E-state index contributed by atoms with van der Waals surface area (Å²) in [4.78, 5) is 11.9. The highest BCUT2D eigenvalue weighted by atomic mass is 32.2. The predicted octanol–water partition coefficient (Wildman–Crippen LogP) is 1.48. The number of carbonyl (C=O) groups is 1. The van der Waals surface area contributed by atoms with Gasteiger partial charge in [-0.1, -0.05) is 0 Å². The first-order valence-corrected chi connectivity index (χ1v) is 9.35. The zero-order valence-corrected chi connectivity index (χ0v) is 14.4. The minimum Gasteiger partial charge on any atom is -0.462 e. The number of benzene rings is 1. The Balaban J connectivity index is 2.14. The molecule has 0 aliphatic carbocycles. The second kappa shape index (κ2) is 7.90. The molecule has 128 valence electrons. The zero-order chi connectivity index (χ0) is 16.9. The highest BCUT2D eigenvalue weighted by molar-refractivity contribution is 7.89. The van der Waals surface area contributed by atoms with Crippen molar-refractivity contribution in [3.05, 3.63) is 29.8 Å². The molecule has 1 aromatic rings. The number of piperidine rings is 1. The highest BCUT2D eigenvalue weighted by Crippen LogP contribution is 2.23. The van der Waals surface area contributed by atoms with Crippen LogP contribution in [0.15, 0.2) is 29.2 Å². The van der Waals surface area contributed by atoms with Gasteiger partial charge in [-0.3, -0.25) is 0 Å². The molecule has 1 saturated heterocycles. The molecule has 0 bridgehead atoms. The van der Waals surface area contributed by atoms with Crippen molar-refractivity contribution in [1.82, 2.24) is 9.62 Å². The number of rotatable bonds is 6. The van der Waals surface area contributed by atoms with Crippen molar-refractivity contribution in [2.45, 2.75) is 24.7 Å². The highest BCUT2D eigenvalue weighted by Gasteiger charge is 2.30. The molecule has 1 unspecified atom stereocenters. The average Bonchev–Trinajstić information content (AvgIpc) is 2.56. The molecule has 6 nitrogen and oxygen atoms in total. The van der Waals surface area contributed by atoms with Crippen molar-refractivity contribution < 1.29 is 17.9 Å². The lowest BCUT2D eigenvalue weighted by molar-refractivity contribution is 0.0526. The Morgan fingerprint density at radius 3 is 2.65 bits per heavy atom. The lowest BCUT2D eigenvalue weighted by Crippen LogP contribution is -2.42. The summed E-state index contributed by atoms with van der Waals surface area (Å²) in [5.41, 5.74) is 0.359. The van der Waals surface area contributed by atoms with E-state index in [1.165, 1.54) is 28.6 Å². The standard InChI is InChI=1S/C16H24N2O4S/c1-3-22-16(19)14-6-8-15(9-7-14)23(20,21)18-10-4-5-13(12-18)11-17-2/h6-9,13,17H,3-5,10-12H2,1-2H3. The van der Waals surface area contributed by atoms with Gasteiger partial charge >= 0.3 is 5.97 Å². The topological polar surface area (TPSA) is 75.7 Å². The van der Waals surface area contributed by atoms with Crippen LogP contribution in [0.3, 0.4) is 0 Å². The number of carbonyl (C=O) groups excluding carboxylic acids is 1. The molecule has 1 aromatic carbocycles. The Kier molecular flexibility index (Phi) is 6.15. The quantitative estimate of drug-likeness (QED) is 0.794. The summed E-state index contributed by atoms with van der Waals surface area (Å²) in [6.07, 6.45) is 1.90. The monoisotopic (exact) mass is 340 g/mol. The Morgan fingerprint density at radius 1 is 1.35 bits per heavy atom. The number of ether oxygens (including phenoxy) is 1. The van der Waals surface area contributed by atoms with E-state index in [4.69, 9.17) is 4.74 Å². The van der Waals surface area contributed by atoms with E-state index in [-0.39, 0.29) is 4.90 Å². The number of hydrogen-bond acceptors (Lipinski definition) is 5. The normalized spacial score (nSPS) is 19.5. The third kappa shape index (κ3) is 4.31. The fourth-order valence-corrected chi connectivity index (χ4v) is 4.38. The summed E-state index contributed by atoms with van der Waals surface area (Å²) >= 11 is 0. The van der Waals surface area contributed by atoms with Crippen LogP contribution in [0.5, 0.6) is 0 Å². The van der Waals surface area contributed by atoms with Gasteiger partial charge in [0.15, 0.2) is 0 Å². The van der Waals surface area contributed by atoms with Crippen LogP contribution in [-0.2, 0) is 14.8 Å². The molecular weight excluding hydrogens is 316 g/mol. The number of esters is 1. The number of sulfonamides is 1. The molecule has 1 atom stereocenters. The van der Waals surface area contributed by atoms with Crippen LogP contribution in [0.4, 0.5) is 0 Å². The maximum absolute atomic E-state index is 12.7. The summed E-state index contributed by atoms with van der Waals surface area (Å²) in [6, 6.07) is 5.95. The van der Waals surface area contributed by atoms with Gasteiger partial charge < -0.3 is 10.1 Å². The lowest BCUT2D eigenvalue weighted by Gasteiger charge is -2.31. The van der Waals surface area contributed by atoms with Crippen molar-refractivity contribution in [3.63, 3.8) is 0 Å². The molecule has 0 aromatic heterocycles. The Hall–Kier alpha value is -1.44. The maximum atomic E-state index is 12.7. The maximum Gasteiger partial charge on any atom is 0.338 e. The minimum absolute atomic E-state index is 0.218. The van der Waals surface area contributed by atoms with Gasteiger partial charge in [-0.2, -0.15) is 4.31 Å². The molecule has 0 spiro atoms. The van der Waals surface area contributed by atoms with Crippen LogP contribution in [0, 0.1) is 5.92 Å². The van der Waals surface area contributed by atoms with Gasteiger partial charge in [0.05, 0.1) is 17.1 Å². The van der Waals surface area contributed by atoms with Crippen molar-refractivity contribution in [2.24, 2.45) is 5.92 Å². The van der Waals surface area contributed by atoms with Crippen LogP contribution in [0.2, 0.25) is 0 Å². The van der Waals surface area contributed by atoms with Crippen molar-refractivity contribution >= 4 is 16.0 Å². The van der Waals surface area contributed by atoms with Crippen LogP contribution in [0.25, 0.3) is 0 Å². The molecule has 1 aliphatic heterocycles. The smallest absolute Gasteiger partial charge is 0.338 e. The number of hydrogen-bond donors (Lipinski definition) is 1. The van der Waals surface area contributed by atoms with Gasteiger partial charge in [-0.05, 0) is 63.5 Å². The molecule has 23 heavy (non-hydrogen) atoms. The van der Waals surface area contributed by atoms with Crippen LogP contribution in [-0.4, -0.2) is 52.0 Å². The Bertz CT molecular complexity index is 626. The Labute approximate surface area is 137 Å². The second-order valence-electron chi connectivity index (χ2n) is 5.67. The second-order valence-corrected chi connectivity index (χ2v) is 7.61. The molecule has 1 aliphatic rings. The molecule has 0 saturated carbocycles. The minimum atomic E-state index is -3.51. The average molecular weight is 340 g/mol. The summed E-state index contributed by atoms with van der Waals surface area (Å²) in [6.45, 7) is 3.91. The van der Waals surface area contributed by atoms with E-state index in [0.29, 0.717) is 31.2 Å². The number of nitrogens with zero attached hydrogens (tertiary/aromatic N) is 1. The molecule has 1 heterocycles.